The van der Waals surface area contributed by atoms with Gasteiger partial charge in [0.25, 0.3) is 5.91 Å². The zero-order valence-corrected chi connectivity index (χ0v) is 12.9. The number of aryl methyl sites for hydroxylation is 1. The predicted molar refractivity (Wildman–Crippen MR) is 81.5 cm³/mol. The first kappa shape index (κ1) is 17.5. The van der Waals surface area contributed by atoms with Gasteiger partial charge in [0.05, 0.1) is 6.61 Å². The molecule has 118 valence electrons. The molecule has 1 aromatic carbocycles. The molecular weight excluding hydrogens is 270 g/mol. The van der Waals surface area contributed by atoms with Crippen LogP contribution in [0.4, 0.5) is 0 Å². The second kappa shape index (κ2) is 10.2. The summed E-state index contributed by atoms with van der Waals surface area (Å²) in [6.07, 6.45) is 1.72. The van der Waals surface area contributed by atoms with Gasteiger partial charge < -0.3 is 19.5 Å². The zero-order valence-electron chi connectivity index (χ0n) is 12.9. The normalized spacial score (nSPS) is 10.4. The molecule has 0 spiro atoms. The summed E-state index contributed by atoms with van der Waals surface area (Å²) in [6.45, 7) is 3.50. The second-order valence-corrected chi connectivity index (χ2v) is 4.74. The summed E-state index contributed by atoms with van der Waals surface area (Å²) in [5.74, 6) is 0.557. The van der Waals surface area contributed by atoms with Gasteiger partial charge >= 0.3 is 0 Å². The SMILES string of the molecule is CCc1ccc(OCC(=O)N(CCO)CCCOC)cc1. The van der Waals surface area contributed by atoms with E-state index >= 15 is 0 Å². The summed E-state index contributed by atoms with van der Waals surface area (Å²) in [6, 6.07) is 7.72. The largest absolute Gasteiger partial charge is 0.484 e. The standard InChI is InChI=1S/C16H25NO4/c1-3-14-5-7-15(8-6-14)21-13-16(19)17(10-11-18)9-4-12-20-2/h5-8,18H,3-4,9-13H2,1-2H3. The fourth-order valence-corrected chi connectivity index (χ4v) is 1.94. The minimum Gasteiger partial charge on any atom is -0.484 e. The van der Waals surface area contributed by atoms with Gasteiger partial charge in [-0.15, -0.1) is 0 Å². The molecule has 0 unspecified atom stereocenters. The number of carbonyl (C=O) groups excluding carboxylic acids is 1. The number of carbonyl (C=O) groups is 1. The van der Waals surface area contributed by atoms with E-state index < -0.39 is 0 Å². The quantitative estimate of drug-likeness (QED) is 0.664. The van der Waals surface area contributed by atoms with Crippen LogP contribution in [0.1, 0.15) is 18.9 Å². The van der Waals surface area contributed by atoms with Gasteiger partial charge in [0.1, 0.15) is 5.75 Å². The fourth-order valence-electron chi connectivity index (χ4n) is 1.94. The molecule has 5 nitrogen and oxygen atoms in total. The Balaban J connectivity index is 2.43. The van der Waals surface area contributed by atoms with Crippen molar-refractivity contribution in [2.45, 2.75) is 19.8 Å². The van der Waals surface area contributed by atoms with Crippen molar-refractivity contribution < 1.29 is 19.4 Å². The van der Waals surface area contributed by atoms with Gasteiger partial charge in [-0.2, -0.15) is 0 Å². The van der Waals surface area contributed by atoms with Gasteiger partial charge in [-0.1, -0.05) is 19.1 Å². The molecule has 21 heavy (non-hydrogen) atoms. The second-order valence-electron chi connectivity index (χ2n) is 4.74. The highest BCUT2D eigenvalue weighted by atomic mass is 16.5. The minimum atomic E-state index is -0.125. The third kappa shape index (κ3) is 6.60. The van der Waals surface area contributed by atoms with E-state index in [2.05, 4.69) is 6.92 Å². The smallest absolute Gasteiger partial charge is 0.260 e. The van der Waals surface area contributed by atoms with Crippen molar-refractivity contribution in [3.8, 4) is 5.75 Å². The van der Waals surface area contributed by atoms with Crippen molar-refractivity contribution in [3.05, 3.63) is 29.8 Å². The lowest BCUT2D eigenvalue weighted by Crippen LogP contribution is -2.38. The Bertz CT molecular complexity index is 405. The summed E-state index contributed by atoms with van der Waals surface area (Å²) < 4.78 is 10.5. The molecule has 0 saturated heterocycles. The van der Waals surface area contributed by atoms with E-state index in [0.717, 1.165) is 12.8 Å². The van der Waals surface area contributed by atoms with E-state index in [-0.39, 0.29) is 19.1 Å². The van der Waals surface area contributed by atoms with Gasteiger partial charge in [-0.25, -0.2) is 0 Å². The van der Waals surface area contributed by atoms with Crippen molar-refractivity contribution in [2.24, 2.45) is 0 Å². The van der Waals surface area contributed by atoms with E-state index in [1.54, 1.807) is 12.0 Å². The van der Waals surface area contributed by atoms with Crippen LogP contribution >= 0.6 is 0 Å². The van der Waals surface area contributed by atoms with Crippen molar-refractivity contribution in [1.29, 1.82) is 0 Å². The monoisotopic (exact) mass is 295 g/mol. The Hall–Kier alpha value is -1.59. The molecule has 1 rings (SSSR count). The number of aliphatic hydroxyl groups excluding tert-OH is 1. The van der Waals surface area contributed by atoms with E-state index in [1.807, 2.05) is 24.3 Å². The summed E-state index contributed by atoms with van der Waals surface area (Å²) in [7, 11) is 1.63. The van der Waals surface area contributed by atoms with Crippen LogP contribution in [0.3, 0.4) is 0 Å². The van der Waals surface area contributed by atoms with Crippen LogP contribution in [0.15, 0.2) is 24.3 Å². The molecule has 0 heterocycles. The van der Waals surface area contributed by atoms with Crippen molar-refractivity contribution in [2.75, 3.05) is 40.0 Å². The van der Waals surface area contributed by atoms with E-state index in [4.69, 9.17) is 14.6 Å². The molecule has 0 radical (unpaired) electrons. The van der Waals surface area contributed by atoms with E-state index in [9.17, 15) is 4.79 Å². The molecule has 0 aliphatic rings. The topological polar surface area (TPSA) is 59.0 Å². The number of aliphatic hydroxyl groups is 1. The highest BCUT2D eigenvalue weighted by Crippen LogP contribution is 2.12. The Morgan fingerprint density at radius 1 is 1.24 bits per heavy atom. The highest BCUT2D eigenvalue weighted by molar-refractivity contribution is 5.77. The van der Waals surface area contributed by atoms with Crippen molar-refractivity contribution >= 4 is 5.91 Å². The lowest BCUT2D eigenvalue weighted by Gasteiger charge is -2.21. The first-order chi connectivity index (χ1) is 10.2. The molecule has 1 aromatic rings. The van der Waals surface area contributed by atoms with Crippen LogP contribution in [0, 0.1) is 0 Å². The Morgan fingerprint density at radius 3 is 2.52 bits per heavy atom. The molecular formula is C16H25NO4. The molecule has 0 aromatic heterocycles. The molecule has 5 heteroatoms. The highest BCUT2D eigenvalue weighted by Gasteiger charge is 2.13. The number of hydrogen-bond acceptors (Lipinski definition) is 4. The number of methoxy groups -OCH3 is 1. The van der Waals surface area contributed by atoms with Crippen LogP contribution < -0.4 is 4.74 Å². The fraction of sp³-hybridized carbons (Fsp3) is 0.562. The molecule has 0 aliphatic heterocycles. The maximum Gasteiger partial charge on any atom is 0.260 e. The number of nitrogens with zero attached hydrogens (tertiary/aromatic N) is 1. The Morgan fingerprint density at radius 2 is 1.95 bits per heavy atom. The summed E-state index contributed by atoms with van der Waals surface area (Å²) in [4.78, 5) is 13.7. The average molecular weight is 295 g/mol. The van der Waals surface area contributed by atoms with Crippen molar-refractivity contribution in [3.63, 3.8) is 0 Å². The summed E-state index contributed by atoms with van der Waals surface area (Å²) >= 11 is 0. The molecule has 1 amide bonds. The average Bonchev–Trinajstić information content (AvgIpc) is 2.52. The maximum absolute atomic E-state index is 12.1. The zero-order chi connectivity index (χ0) is 15.5. The van der Waals surface area contributed by atoms with Crippen LogP contribution in [0.2, 0.25) is 0 Å². The third-order valence-electron chi connectivity index (χ3n) is 3.19. The number of rotatable bonds is 10. The minimum absolute atomic E-state index is 0.0154. The first-order valence-electron chi connectivity index (χ1n) is 7.30. The molecule has 0 saturated carbocycles. The molecule has 0 bridgehead atoms. The van der Waals surface area contributed by atoms with E-state index in [1.165, 1.54) is 5.56 Å². The molecule has 0 atom stereocenters. The summed E-state index contributed by atoms with van der Waals surface area (Å²) in [5.41, 5.74) is 1.23. The predicted octanol–water partition coefficient (Wildman–Crippen LogP) is 1.49. The molecule has 1 N–H and O–H groups in total. The van der Waals surface area contributed by atoms with Crippen molar-refractivity contribution in [1.82, 2.24) is 4.90 Å². The Labute approximate surface area is 126 Å². The number of ether oxygens (including phenoxy) is 2. The van der Waals surface area contributed by atoms with Gasteiger partial charge in [0, 0.05) is 26.8 Å². The summed E-state index contributed by atoms with van der Waals surface area (Å²) in [5, 5.41) is 9.02. The lowest BCUT2D eigenvalue weighted by atomic mass is 10.2. The van der Waals surface area contributed by atoms with E-state index in [0.29, 0.717) is 25.4 Å². The first-order valence-corrected chi connectivity index (χ1v) is 7.30. The van der Waals surface area contributed by atoms with Gasteiger partial charge in [0.15, 0.2) is 6.61 Å². The van der Waals surface area contributed by atoms with Gasteiger partial charge in [-0.05, 0) is 30.5 Å². The molecule has 0 aliphatic carbocycles. The maximum atomic E-state index is 12.1. The lowest BCUT2D eigenvalue weighted by molar-refractivity contribution is -0.134. The molecule has 0 fully saturated rings. The van der Waals surface area contributed by atoms with Crippen LogP contribution in [-0.4, -0.2) is 55.9 Å². The third-order valence-corrected chi connectivity index (χ3v) is 3.19. The van der Waals surface area contributed by atoms with Gasteiger partial charge in [0.2, 0.25) is 0 Å². The van der Waals surface area contributed by atoms with Crippen LogP contribution in [0.5, 0.6) is 5.75 Å². The van der Waals surface area contributed by atoms with Crippen LogP contribution in [0.25, 0.3) is 0 Å². The number of benzene rings is 1. The van der Waals surface area contributed by atoms with Crippen LogP contribution in [-0.2, 0) is 16.0 Å². The number of amides is 1. The van der Waals surface area contributed by atoms with Gasteiger partial charge in [-0.3, -0.25) is 4.79 Å². The number of hydrogen-bond donors (Lipinski definition) is 1. The Kier molecular flexibility index (Phi) is 8.47.